The third kappa shape index (κ3) is 7.19. The van der Waals surface area contributed by atoms with E-state index < -0.39 is 6.04 Å². The fourth-order valence-corrected chi connectivity index (χ4v) is 1.08. The minimum atomic E-state index is -0.682. The Morgan fingerprint density at radius 3 is 2.50 bits per heavy atom. The van der Waals surface area contributed by atoms with Crippen LogP contribution in [0.4, 0.5) is 0 Å². The van der Waals surface area contributed by atoms with Gasteiger partial charge in [0.25, 0.3) is 0 Å². The number of carbonyl (C=O) groups is 2. The Balaban J connectivity index is 3.65. The Bertz CT molecular complexity index is 231. The number of nitrogens with two attached hydrogens (primary N) is 1. The standard InChI is InChI=1S/C10H21N3O3/c1-7(2)13-9(14)4-5-12-10(15)8(11)6-16-3/h7-8H,4-6,11H2,1-3H3,(H,12,15)(H,13,14). The van der Waals surface area contributed by atoms with Gasteiger partial charge in [0.2, 0.25) is 11.8 Å². The maximum Gasteiger partial charge on any atom is 0.239 e. The van der Waals surface area contributed by atoms with Gasteiger partial charge in [-0.05, 0) is 13.8 Å². The molecule has 4 N–H and O–H groups in total. The van der Waals surface area contributed by atoms with Crippen LogP contribution in [-0.4, -0.2) is 44.2 Å². The molecule has 94 valence electrons. The minimum absolute atomic E-state index is 0.0874. The lowest BCUT2D eigenvalue weighted by Gasteiger charge is -2.12. The average molecular weight is 231 g/mol. The van der Waals surface area contributed by atoms with E-state index in [0.717, 1.165) is 0 Å². The first-order valence-electron chi connectivity index (χ1n) is 5.29. The van der Waals surface area contributed by atoms with Gasteiger partial charge in [0.05, 0.1) is 6.61 Å². The van der Waals surface area contributed by atoms with Gasteiger partial charge in [-0.3, -0.25) is 9.59 Å². The van der Waals surface area contributed by atoms with Gasteiger partial charge in [0, 0.05) is 26.1 Å². The van der Waals surface area contributed by atoms with Crippen molar-refractivity contribution in [1.29, 1.82) is 0 Å². The highest BCUT2D eigenvalue weighted by Crippen LogP contribution is 1.84. The molecule has 0 aromatic carbocycles. The zero-order valence-corrected chi connectivity index (χ0v) is 10.1. The molecule has 0 aliphatic carbocycles. The quantitative estimate of drug-likeness (QED) is 0.523. The highest BCUT2D eigenvalue weighted by Gasteiger charge is 2.12. The largest absolute Gasteiger partial charge is 0.383 e. The van der Waals surface area contributed by atoms with Gasteiger partial charge < -0.3 is 21.1 Å². The van der Waals surface area contributed by atoms with E-state index in [1.54, 1.807) is 0 Å². The third-order valence-corrected chi connectivity index (χ3v) is 1.78. The monoisotopic (exact) mass is 231 g/mol. The van der Waals surface area contributed by atoms with Crippen LogP contribution < -0.4 is 16.4 Å². The summed E-state index contributed by atoms with van der Waals surface area (Å²) in [5.74, 6) is -0.394. The smallest absolute Gasteiger partial charge is 0.239 e. The summed E-state index contributed by atoms with van der Waals surface area (Å²) < 4.78 is 4.74. The number of methoxy groups -OCH3 is 1. The van der Waals surface area contributed by atoms with Crippen molar-refractivity contribution in [2.24, 2.45) is 5.73 Å². The number of nitrogens with one attached hydrogen (secondary N) is 2. The lowest BCUT2D eigenvalue weighted by atomic mass is 10.3. The topological polar surface area (TPSA) is 93.4 Å². The van der Waals surface area contributed by atoms with E-state index >= 15 is 0 Å². The molecule has 0 rings (SSSR count). The van der Waals surface area contributed by atoms with E-state index in [9.17, 15) is 9.59 Å². The number of ether oxygens (including phenoxy) is 1. The van der Waals surface area contributed by atoms with Crippen LogP contribution in [-0.2, 0) is 14.3 Å². The van der Waals surface area contributed by atoms with Crippen molar-refractivity contribution in [3.8, 4) is 0 Å². The normalized spacial score (nSPS) is 12.3. The third-order valence-electron chi connectivity index (χ3n) is 1.78. The summed E-state index contributed by atoms with van der Waals surface area (Å²) in [6.07, 6.45) is 0.254. The van der Waals surface area contributed by atoms with E-state index in [2.05, 4.69) is 10.6 Å². The summed E-state index contributed by atoms with van der Waals surface area (Å²) in [5.41, 5.74) is 5.49. The zero-order valence-electron chi connectivity index (χ0n) is 10.1. The van der Waals surface area contributed by atoms with Gasteiger partial charge in [0.15, 0.2) is 0 Å². The molecule has 16 heavy (non-hydrogen) atoms. The van der Waals surface area contributed by atoms with Crippen LogP contribution in [0, 0.1) is 0 Å². The SMILES string of the molecule is COCC(N)C(=O)NCCC(=O)NC(C)C. The Kier molecular flexibility index (Phi) is 7.49. The van der Waals surface area contributed by atoms with Crippen molar-refractivity contribution in [3.63, 3.8) is 0 Å². The highest BCUT2D eigenvalue weighted by atomic mass is 16.5. The second-order valence-corrected chi connectivity index (χ2v) is 3.83. The van der Waals surface area contributed by atoms with Crippen molar-refractivity contribution >= 4 is 11.8 Å². The van der Waals surface area contributed by atoms with E-state index in [-0.39, 0.29) is 37.4 Å². The predicted octanol–water partition coefficient (Wildman–Crippen LogP) is -1.01. The van der Waals surface area contributed by atoms with Crippen LogP contribution in [0.5, 0.6) is 0 Å². The van der Waals surface area contributed by atoms with Crippen LogP contribution >= 0.6 is 0 Å². The summed E-state index contributed by atoms with van der Waals surface area (Å²) in [7, 11) is 1.48. The predicted molar refractivity (Wildman–Crippen MR) is 60.8 cm³/mol. The van der Waals surface area contributed by atoms with Gasteiger partial charge in [-0.15, -0.1) is 0 Å². The van der Waals surface area contributed by atoms with Crippen LogP contribution in [0.2, 0.25) is 0 Å². The van der Waals surface area contributed by atoms with Crippen LogP contribution in [0.1, 0.15) is 20.3 Å². The molecule has 0 aromatic heterocycles. The molecule has 0 radical (unpaired) electrons. The second kappa shape index (κ2) is 8.06. The first-order valence-corrected chi connectivity index (χ1v) is 5.29. The molecule has 0 saturated heterocycles. The molecule has 6 nitrogen and oxygen atoms in total. The molecular formula is C10H21N3O3. The van der Waals surface area contributed by atoms with Crippen molar-refractivity contribution in [2.75, 3.05) is 20.3 Å². The lowest BCUT2D eigenvalue weighted by molar-refractivity contribution is -0.124. The minimum Gasteiger partial charge on any atom is -0.383 e. The second-order valence-electron chi connectivity index (χ2n) is 3.83. The maximum atomic E-state index is 11.3. The molecule has 6 heteroatoms. The maximum absolute atomic E-state index is 11.3. The highest BCUT2D eigenvalue weighted by molar-refractivity contribution is 5.82. The molecule has 0 fully saturated rings. The van der Waals surface area contributed by atoms with Crippen molar-refractivity contribution in [2.45, 2.75) is 32.4 Å². The van der Waals surface area contributed by atoms with Crippen molar-refractivity contribution < 1.29 is 14.3 Å². The molecule has 0 aliphatic heterocycles. The molecule has 0 saturated carbocycles. The number of carbonyl (C=O) groups excluding carboxylic acids is 2. The Morgan fingerprint density at radius 2 is 2.00 bits per heavy atom. The van der Waals surface area contributed by atoms with Gasteiger partial charge in [-0.2, -0.15) is 0 Å². The van der Waals surface area contributed by atoms with Gasteiger partial charge in [0.1, 0.15) is 6.04 Å². The van der Waals surface area contributed by atoms with E-state index in [1.165, 1.54) is 7.11 Å². The molecule has 1 atom stereocenters. The van der Waals surface area contributed by atoms with Gasteiger partial charge in [-0.1, -0.05) is 0 Å². The van der Waals surface area contributed by atoms with E-state index in [4.69, 9.17) is 10.5 Å². The summed E-state index contributed by atoms with van der Waals surface area (Å²) in [5, 5.41) is 5.29. The number of hydrogen-bond acceptors (Lipinski definition) is 4. The summed E-state index contributed by atoms with van der Waals surface area (Å²) >= 11 is 0. The average Bonchev–Trinajstić information content (AvgIpc) is 2.16. The Hall–Kier alpha value is -1.14. The number of rotatable bonds is 7. The molecule has 1 unspecified atom stereocenters. The number of amides is 2. The fourth-order valence-electron chi connectivity index (χ4n) is 1.08. The molecule has 0 aromatic rings. The summed E-state index contributed by atoms with van der Waals surface area (Å²) in [4.78, 5) is 22.5. The first-order chi connectivity index (χ1) is 7.47. The molecule has 0 heterocycles. The van der Waals surface area contributed by atoms with Crippen LogP contribution in [0.3, 0.4) is 0 Å². The Morgan fingerprint density at radius 1 is 1.38 bits per heavy atom. The zero-order chi connectivity index (χ0) is 12.6. The van der Waals surface area contributed by atoms with Crippen LogP contribution in [0.25, 0.3) is 0 Å². The van der Waals surface area contributed by atoms with Crippen molar-refractivity contribution in [3.05, 3.63) is 0 Å². The summed E-state index contributed by atoms with van der Waals surface area (Å²) in [6, 6.07) is -0.572. The van der Waals surface area contributed by atoms with Gasteiger partial charge >= 0.3 is 0 Å². The lowest BCUT2D eigenvalue weighted by Crippen LogP contribution is -2.44. The molecule has 2 amide bonds. The van der Waals surface area contributed by atoms with E-state index in [0.29, 0.717) is 0 Å². The molecular weight excluding hydrogens is 210 g/mol. The summed E-state index contributed by atoms with van der Waals surface area (Å²) in [6.45, 7) is 4.22. The Labute approximate surface area is 95.9 Å². The molecule has 0 bridgehead atoms. The fraction of sp³-hybridized carbons (Fsp3) is 0.800. The number of hydrogen-bond donors (Lipinski definition) is 3. The van der Waals surface area contributed by atoms with E-state index in [1.807, 2.05) is 13.8 Å². The molecule has 0 spiro atoms. The first kappa shape index (κ1) is 14.9. The van der Waals surface area contributed by atoms with Gasteiger partial charge in [-0.25, -0.2) is 0 Å². The molecule has 0 aliphatic rings. The van der Waals surface area contributed by atoms with Crippen LogP contribution in [0.15, 0.2) is 0 Å². The van der Waals surface area contributed by atoms with Crippen molar-refractivity contribution in [1.82, 2.24) is 10.6 Å².